The molecule has 2 aromatic carbocycles. The first kappa shape index (κ1) is 23.7. The lowest BCUT2D eigenvalue weighted by Gasteiger charge is -2.37. The van der Waals surface area contributed by atoms with Gasteiger partial charge in [0.25, 0.3) is 0 Å². The zero-order valence-electron chi connectivity index (χ0n) is 20.0. The number of nitrogens with zero attached hydrogens (tertiary/aromatic N) is 2. The van der Waals surface area contributed by atoms with Gasteiger partial charge in [-0.2, -0.15) is 0 Å². The van der Waals surface area contributed by atoms with Gasteiger partial charge in [0.05, 0.1) is 28.4 Å². The van der Waals surface area contributed by atoms with Gasteiger partial charge < -0.3 is 29.0 Å². The third kappa shape index (κ3) is 4.49. The van der Waals surface area contributed by atoms with Crippen molar-refractivity contribution in [3.05, 3.63) is 47.7 Å². The molecule has 9 nitrogen and oxygen atoms in total. The number of hydrogen-bond acceptors (Lipinski definition) is 7. The fourth-order valence-electron chi connectivity index (χ4n) is 4.67. The number of aliphatic carboxylic acids is 1. The van der Waals surface area contributed by atoms with Crippen LogP contribution in [0.2, 0.25) is 0 Å². The number of carboxylic acids is 1. The Kier molecular flexibility index (Phi) is 7.14. The van der Waals surface area contributed by atoms with E-state index in [2.05, 4.69) is 9.88 Å². The highest BCUT2D eigenvalue weighted by atomic mass is 16.5. The number of aromatic nitrogens is 1. The molecule has 1 saturated heterocycles. The number of benzene rings is 2. The normalized spacial score (nSPS) is 15.8. The summed E-state index contributed by atoms with van der Waals surface area (Å²) >= 11 is 0. The van der Waals surface area contributed by atoms with Gasteiger partial charge >= 0.3 is 5.97 Å². The van der Waals surface area contributed by atoms with E-state index in [1.807, 2.05) is 35.2 Å². The van der Waals surface area contributed by atoms with Gasteiger partial charge in [-0.25, -0.2) is 0 Å². The van der Waals surface area contributed by atoms with Crippen LogP contribution < -0.4 is 18.9 Å². The van der Waals surface area contributed by atoms with Crippen molar-refractivity contribution >= 4 is 16.9 Å². The molecule has 0 bridgehead atoms. The number of fused-ring (bicyclic) bond motifs is 1. The number of piperazine rings is 1. The van der Waals surface area contributed by atoms with Crippen LogP contribution in [0.25, 0.3) is 10.9 Å². The van der Waals surface area contributed by atoms with Crippen molar-refractivity contribution in [2.75, 3.05) is 54.6 Å². The second-order valence-corrected chi connectivity index (χ2v) is 8.20. The minimum absolute atomic E-state index is 0.571. The minimum Gasteiger partial charge on any atom is -0.497 e. The van der Waals surface area contributed by atoms with E-state index in [1.54, 1.807) is 34.6 Å². The monoisotopic (exact) mass is 469 g/mol. The van der Waals surface area contributed by atoms with Crippen LogP contribution >= 0.6 is 0 Å². The molecule has 9 heteroatoms. The Bertz CT molecular complexity index is 1150. The Labute approximate surface area is 198 Å². The number of carboxylic acid groups (broad SMARTS) is 1. The van der Waals surface area contributed by atoms with Crippen molar-refractivity contribution in [3.8, 4) is 23.0 Å². The number of methoxy groups -OCH3 is 4. The van der Waals surface area contributed by atoms with E-state index < -0.39 is 12.0 Å². The van der Waals surface area contributed by atoms with E-state index in [4.69, 9.17) is 18.9 Å². The van der Waals surface area contributed by atoms with Gasteiger partial charge in [-0.3, -0.25) is 14.6 Å². The second kappa shape index (κ2) is 10.2. The molecule has 4 rings (SSSR count). The van der Waals surface area contributed by atoms with Gasteiger partial charge in [-0.1, -0.05) is 6.07 Å². The number of H-pyrrole nitrogens is 1. The predicted molar refractivity (Wildman–Crippen MR) is 128 cm³/mol. The SMILES string of the molecule is COc1ccc2[nH]cc([C@H](C(=O)O)N3CCN(Cc4ccc(OC)c(OC)c4OC)CC3)c2c1. The number of hydrogen-bond donors (Lipinski definition) is 2. The number of nitrogens with one attached hydrogen (secondary N) is 1. The van der Waals surface area contributed by atoms with E-state index in [9.17, 15) is 9.90 Å². The molecule has 1 fully saturated rings. The van der Waals surface area contributed by atoms with Crippen LogP contribution in [0.4, 0.5) is 0 Å². The highest BCUT2D eigenvalue weighted by Crippen LogP contribution is 2.40. The van der Waals surface area contributed by atoms with E-state index in [0.29, 0.717) is 42.6 Å². The van der Waals surface area contributed by atoms with Gasteiger partial charge in [0.15, 0.2) is 11.5 Å². The first-order chi connectivity index (χ1) is 16.5. The summed E-state index contributed by atoms with van der Waals surface area (Å²) in [4.78, 5) is 19.8. The average molecular weight is 470 g/mol. The Morgan fingerprint density at radius 3 is 2.32 bits per heavy atom. The standard InChI is InChI=1S/C25H31N3O6/c1-31-17-6-7-20-18(13-17)19(14-26-20)22(25(29)30)28-11-9-27(10-12-28)15-16-5-8-21(32-2)24(34-4)23(16)33-3/h5-8,13-14,22,26H,9-12,15H2,1-4H3,(H,29,30)/t22-/m1/s1. The van der Waals surface area contributed by atoms with Crippen molar-refractivity contribution in [1.82, 2.24) is 14.8 Å². The van der Waals surface area contributed by atoms with Gasteiger partial charge in [0.2, 0.25) is 5.75 Å². The molecule has 0 aliphatic carbocycles. The number of aromatic amines is 1. The quantitative estimate of drug-likeness (QED) is 0.494. The molecule has 0 radical (unpaired) electrons. The van der Waals surface area contributed by atoms with Gasteiger partial charge in [0.1, 0.15) is 11.8 Å². The van der Waals surface area contributed by atoms with Crippen LogP contribution in [0.5, 0.6) is 23.0 Å². The molecule has 2 N–H and O–H groups in total. The first-order valence-corrected chi connectivity index (χ1v) is 11.1. The second-order valence-electron chi connectivity index (χ2n) is 8.20. The Balaban J connectivity index is 1.50. The largest absolute Gasteiger partial charge is 0.497 e. The zero-order valence-corrected chi connectivity index (χ0v) is 20.0. The number of rotatable bonds is 9. The Hall–Kier alpha value is -3.43. The Morgan fingerprint density at radius 2 is 1.71 bits per heavy atom. The van der Waals surface area contributed by atoms with Crippen LogP contribution in [-0.2, 0) is 11.3 Å². The lowest BCUT2D eigenvalue weighted by Crippen LogP contribution is -2.48. The van der Waals surface area contributed by atoms with Crippen LogP contribution in [0.3, 0.4) is 0 Å². The van der Waals surface area contributed by atoms with Gasteiger partial charge in [-0.15, -0.1) is 0 Å². The molecule has 0 spiro atoms. The molecule has 3 aromatic rings. The molecule has 0 amide bonds. The highest BCUT2D eigenvalue weighted by Gasteiger charge is 2.32. The lowest BCUT2D eigenvalue weighted by molar-refractivity contribution is -0.144. The summed E-state index contributed by atoms with van der Waals surface area (Å²) in [7, 11) is 6.41. The molecule has 1 aromatic heterocycles. The zero-order chi connectivity index (χ0) is 24.2. The molecule has 2 heterocycles. The average Bonchev–Trinajstić information content (AvgIpc) is 3.27. The maximum atomic E-state index is 12.3. The minimum atomic E-state index is -0.862. The summed E-state index contributed by atoms with van der Waals surface area (Å²) in [6.07, 6.45) is 1.80. The maximum absolute atomic E-state index is 12.3. The summed E-state index contributed by atoms with van der Waals surface area (Å²) in [6.45, 7) is 3.38. The van der Waals surface area contributed by atoms with Gasteiger partial charge in [0, 0.05) is 61.0 Å². The molecule has 34 heavy (non-hydrogen) atoms. The van der Waals surface area contributed by atoms with E-state index in [-0.39, 0.29) is 0 Å². The van der Waals surface area contributed by atoms with Crippen LogP contribution in [0.1, 0.15) is 17.2 Å². The molecule has 1 atom stereocenters. The van der Waals surface area contributed by atoms with Crippen molar-refractivity contribution in [2.24, 2.45) is 0 Å². The van der Waals surface area contributed by atoms with Crippen molar-refractivity contribution < 1.29 is 28.8 Å². The third-order valence-corrected chi connectivity index (χ3v) is 6.40. The summed E-state index contributed by atoms with van der Waals surface area (Å²) in [5.74, 6) is 1.68. The third-order valence-electron chi connectivity index (χ3n) is 6.40. The van der Waals surface area contributed by atoms with Gasteiger partial charge in [-0.05, 0) is 24.3 Å². The number of carbonyl (C=O) groups is 1. The molecular weight excluding hydrogens is 438 g/mol. The Morgan fingerprint density at radius 1 is 0.971 bits per heavy atom. The van der Waals surface area contributed by atoms with Crippen molar-refractivity contribution in [2.45, 2.75) is 12.6 Å². The van der Waals surface area contributed by atoms with Crippen LogP contribution in [0.15, 0.2) is 36.5 Å². The lowest BCUT2D eigenvalue weighted by atomic mass is 10.0. The maximum Gasteiger partial charge on any atom is 0.325 e. The smallest absolute Gasteiger partial charge is 0.325 e. The van der Waals surface area contributed by atoms with Crippen molar-refractivity contribution in [3.63, 3.8) is 0 Å². The molecule has 1 aliphatic rings. The first-order valence-electron chi connectivity index (χ1n) is 11.1. The molecule has 0 unspecified atom stereocenters. The fraction of sp³-hybridized carbons (Fsp3) is 0.400. The fourth-order valence-corrected chi connectivity index (χ4v) is 4.67. The highest BCUT2D eigenvalue weighted by molar-refractivity contribution is 5.90. The summed E-state index contributed by atoms with van der Waals surface area (Å²) in [5, 5.41) is 11.0. The van der Waals surface area contributed by atoms with E-state index in [0.717, 1.165) is 35.1 Å². The van der Waals surface area contributed by atoms with E-state index >= 15 is 0 Å². The van der Waals surface area contributed by atoms with Crippen LogP contribution in [-0.4, -0.2) is 80.5 Å². The molecule has 0 saturated carbocycles. The molecule has 1 aliphatic heterocycles. The molecule has 182 valence electrons. The van der Waals surface area contributed by atoms with Crippen LogP contribution in [0, 0.1) is 0 Å². The summed E-state index contributed by atoms with van der Waals surface area (Å²) < 4.78 is 21.8. The molecular formula is C25H31N3O6. The summed E-state index contributed by atoms with van der Waals surface area (Å²) in [5.41, 5.74) is 2.63. The predicted octanol–water partition coefficient (Wildman–Crippen LogP) is 3.15. The topological polar surface area (TPSA) is 96.5 Å². The van der Waals surface area contributed by atoms with E-state index in [1.165, 1.54) is 0 Å². The summed E-state index contributed by atoms with van der Waals surface area (Å²) in [6, 6.07) is 8.77. The number of ether oxygens (including phenoxy) is 4. The van der Waals surface area contributed by atoms with Crippen molar-refractivity contribution in [1.29, 1.82) is 0 Å².